The number of likely N-dealkylation sites (N-methyl/N-ethyl adjacent to an activating group) is 1. The SMILES string of the molecule is CN[C@H]1[C@@H](O[C@H]2O[C@@H](CO)[C@@H](N)[C@@H](O)[C@H]2O)O[C@@H]2C[C@H](N)[C@H](O[C@H]3[C@@H](O)[C@@H](O)[C@@H](N)C[C@H]3N)O[C@@H]2[C@@H]1O. The predicted octanol–water partition coefficient (Wildman–Crippen LogP) is -6.95. The van der Waals surface area contributed by atoms with Gasteiger partial charge in [0, 0.05) is 12.1 Å². The van der Waals surface area contributed by atoms with Crippen LogP contribution in [0.3, 0.4) is 0 Å². The molecule has 0 amide bonds. The maximum absolute atomic E-state index is 11.1. The lowest BCUT2D eigenvalue weighted by atomic mass is 9.84. The molecular weight excluding hydrogens is 498 g/mol. The fraction of sp³-hybridized carbons (Fsp3) is 1.00. The highest BCUT2D eigenvalue weighted by atomic mass is 16.8. The zero-order valence-corrected chi connectivity index (χ0v) is 20.5. The van der Waals surface area contributed by atoms with Crippen LogP contribution in [0.15, 0.2) is 0 Å². The normalized spacial score (nSPS) is 55.1. The van der Waals surface area contributed by atoms with E-state index in [1.54, 1.807) is 7.05 Å². The van der Waals surface area contributed by atoms with Crippen molar-refractivity contribution < 1.29 is 54.3 Å². The standard InChI is InChI=1S/C21H41N5O11/c1-26-11-14(30)18-8(33-20(11)37-21-16(32)13(29)10(25)9(4-27)34-21)3-7(24)19(36-18)35-17-6(23)2-5(22)12(28)15(17)31/h5-21,26-32H,2-4,22-25H2,1H3/t5-,6+,7-,8+,9-,10+,11+,12-,13+,14+,15-,16+,17+,18-,19+,20+,21+/m0/s1. The lowest BCUT2D eigenvalue weighted by Crippen LogP contribution is -2.70. The van der Waals surface area contributed by atoms with Crippen LogP contribution in [0.25, 0.3) is 0 Å². The summed E-state index contributed by atoms with van der Waals surface area (Å²) in [7, 11) is 1.55. The maximum Gasteiger partial charge on any atom is 0.189 e. The molecule has 3 aliphatic heterocycles. The summed E-state index contributed by atoms with van der Waals surface area (Å²) >= 11 is 0. The molecule has 16 nitrogen and oxygen atoms in total. The number of hydrogen-bond acceptors (Lipinski definition) is 16. The molecule has 1 saturated carbocycles. The second kappa shape index (κ2) is 11.8. The highest BCUT2D eigenvalue weighted by Crippen LogP contribution is 2.35. The van der Waals surface area contributed by atoms with Crippen LogP contribution in [0, 0.1) is 0 Å². The van der Waals surface area contributed by atoms with Crippen LogP contribution in [0.5, 0.6) is 0 Å². The Kier molecular flexibility index (Phi) is 9.40. The number of ether oxygens (including phenoxy) is 5. The third-order valence-electron chi connectivity index (χ3n) is 7.74. The average molecular weight is 540 g/mol. The third-order valence-corrected chi connectivity index (χ3v) is 7.74. The fourth-order valence-electron chi connectivity index (χ4n) is 5.46. The van der Waals surface area contributed by atoms with E-state index in [9.17, 15) is 30.6 Å². The molecule has 1 aliphatic carbocycles. The second-order valence-corrected chi connectivity index (χ2v) is 10.3. The molecule has 0 spiro atoms. The van der Waals surface area contributed by atoms with Crippen molar-refractivity contribution in [1.29, 1.82) is 0 Å². The van der Waals surface area contributed by atoms with Crippen molar-refractivity contribution in [1.82, 2.24) is 5.32 Å². The van der Waals surface area contributed by atoms with Gasteiger partial charge < -0.3 is 82.6 Å². The largest absolute Gasteiger partial charge is 0.394 e. The van der Waals surface area contributed by atoms with E-state index in [1.165, 1.54) is 0 Å². The number of nitrogens with one attached hydrogen (secondary N) is 1. The highest BCUT2D eigenvalue weighted by molar-refractivity contribution is 5.01. The zero-order valence-electron chi connectivity index (χ0n) is 20.5. The molecule has 0 aromatic rings. The monoisotopic (exact) mass is 539 g/mol. The molecule has 15 N–H and O–H groups in total. The van der Waals surface area contributed by atoms with Gasteiger partial charge in [0.05, 0.1) is 36.9 Å². The summed E-state index contributed by atoms with van der Waals surface area (Å²) in [4.78, 5) is 0. The van der Waals surface area contributed by atoms with Gasteiger partial charge in [-0.15, -0.1) is 0 Å². The fourth-order valence-corrected chi connectivity index (χ4v) is 5.46. The first kappa shape index (κ1) is 29.3. The van der Waals surface area contributed by atoms with E-state index in [0.29, 0.717) is 0 Å². The third kappa shape index (κ3) is 5.66. The molecule has 37 heavy (non-hydrogen) atoms. The van der Waals surface area contributed by atoms with E-state index in [4.69, 9.17) is 46.6 Å². The van der Waals surface area contributed by atoms with Gasteiger partial charge >= 0.3 is 0 Å². The van der Waals surface area contributed by atoms with Crippen LogP contribution in [0.2, 0.25) is 0 Å². The van der Waals surface area contributed by atoms with Crippen LogP contribution in [0.1, 0.15) is 12.8 Å². The molecule has 17 atom stereocenters. The van der Waals surface area contributed by atoms with E-state index in [-0.39, 0.29) is 12.8 Å². The van der Waals surface area contributed by atoms with Crippen molar-refractivity contribution in [2.75, 3.05) is 13.7 Å². The van der Waals surface area contributed by atoms with Crippen molar-refractivity contribution in [2.45, 2.75) is 117 Å². The molecule has 216 valence electrons. The molecule has 0 bridgehead atoms. The molecule has 16 heteroatoms. The van der Waals surface area contributed by atoms with Gasteiger partial charge in [0.25, 0.3) is 0 Å². The van der Waals surface area contributed by atoms with Crippen LogP contribution < -0.4 is 28.3 Å². The van der Waals surface area contributed by atoms with Gasteiger partial charge in [0.2, 0.25) is 0 Å². The Bertz CT molecular complexity index is 756. The molecule has 0 aromatic carbocycles. The summed E-state index contributed by atoms with van der Waals surface area (Å²) in [6.07, 6.45) is -13.7. The number of fused-ring (bicyclic) bond motifs is 1. The molecule has 4 rings (SSSR count). The van der Waals surface area contributed by atoms with Crippen LogP contribution in [0.4, 0.5) is 0 Å². The van der Waals surface area contributed by atoms with E-state index in [1.807, 2.05) is 0 Å². The van der Waals surface area contributed by atoms with Crippen molar-refractivity contribution in [3.8, 4) is 0 Å². The molecule has 4 aliphatic rings. The second-order valence-electron chi connectivity index (χ2n) is 10.3. The number of nitrogens with two attached hydrogens (primary N) is 4. The molecule has 0 radical (unpaired) electrons. The first-order valence-corrected chi connectivity index (χ1v) is 12.5. The Morgan fingerprint density at radius 2 is 1.43 bits per heavy atom. The lowest BCUT2D eigenvalue weighted by Gasteiger charge is -2.51. The maximum atomic E-state index is 11.1. The van der Waals surface area contributed by atoms with E-state index < -0.39 is 111 Å². The quantitative estimate of drug-likeness (QED) is 0.149. The van der Waals surface area contributed by atoms with Gasteiger partial charge in [0.15, 0.2) is 18.9 Å². The molecule has 3 heterocycles. The summed E-state index contributed by atoms with van der Waals surface area (Å²) < 4.78 is 29.2. The lowest BCUT2D eigenvalue weighted by molar-refractivity contribution is -0.373. The van der Waals surface area contributed by atoms with Crippen molar-refractivity contribution in [2.24, 2.45) is 22.9 Å². The topological polar surface area (TPSA) is 284 Å². The van der Waals surface area contributed by atoms with Crippen molar-refractivity contribution in [3.05, 3.63) is 0 Å². The Morgan fingerprint density at radius 1 is 0.730 bits per heavy atom. The van der Waals surface area contributed by atoms with E-state index >= 15 is 0 Å². The molecule has 4 fully saturated rings. The summed E-state index contributed by atoms with van der Waals surface area (Å²) in [5.41, 5.74) is 24.0. The molecule has 3 saturated heterocycles. The molecular formula is C21H41N5O11. The van der Waals surface area contributed by atoms with Crippen molar-refractivity contribution in [3.63, 3.8) is 0 Å². The number of hydrogen-bond donors (Lipinski definition) is 11. The molecule has 0 unspecified atom stereocenters. The van der Waals surface area contributed by atoms with E-state index in [0.717, 1.165) is 0 Å². The first-order chi connectivity index (χ1) is 17.5. The van der Waals surface area contributed by atoms with Gasteiger partial charge in [-0.1, -0.05) is 0 Å². The summed E-state index contributed by atoms with van der Waals surface area (Å²) in [6.45, 7) is -0.508. The smallest absolute Gasteiger partial charge is 0.189 e. The van der Waals surface area contributed by atoms with Crippen molar-refractivity contribution >= 4 is 0 Å². The summed E-state index contributed by atoms with van der Waals surface area (Å²) in [5.74, 6) is 0. The Balaban J connectivity index is 1.43. The van der Waals surface area contributed by atoms with Crippen LogP contribution >= 0.6 is 0 Å². The Morgan fingerprint density at radius 3 is 2.08 bits per heavy atom. The van der Waals surface area contributed by atoms with Crippen LogP contribution in [-0.2, 0) is 23.7 Å². The van der Waals surface area contributed by atoms with Gasteiger partial charge in [-0.25, -0.2) is 0 Å². The van der Waals surface area contributed by atoms with Gasteiger partial charge in [-0.3, -0.25) is 0 Å². The number of aliphatic hydroxyl groups excluding tert-OH is 6. The number of rotatable bonds is 6. The van der Waals surface area contributed by atoms with Crippen LogP contribution in [-0.4, -0.2) is 148 Å². The molecule has 0 aromatic heterocycles. The van der Waals surface area contributed by atoms with Gasteiger partial charge in [-0.05, 0) is 19.9 Å². The minimum absolute atomic E-state index is 0.156. The highest BCUT2D eigenvalue weighted by Gasteiger charge is 2.54. The zero-order chi connectivity index (χ0) is 27.2. The number of aliphatic hydroxyl groups is 6. The van der Waals surface area contributed by atoms with Gasteiger partial charge in [-0.2, -0.15) is 0 Å². The minimum atomic E-state index is -1.54. The van der Waals surface area contributed by atoms with E-state index in [2.05, 4.69) is 5.32 Å². The Hall–Kier alpha value is -0.640. The minimum Gasteiger partial charge on any atom is -0.394 e. The average Bonchev–Trinajstić information content (AvgIpc) is 2.86. The Labute approximate surface area is 213 Å². The van der Waals surface area contributed by atoms with Gasteiger partial charge in [0.1, 0.15) is 42.7 Å². The predicted molar refractivity (Wildman–Crippen MR) is 123 cm³/mol. The summed E-state index contributed by atoms with van der Waals surface area (Å²) in [5, 5.41) is 64.7. The first-order valence-electron chi connectivity index (χ1n) is 12.5. The summed E-state index contributed by atoms with van der Waals surface area (Å²) in [6, 6.07) is -4.05.